The third-order valence-electron chi connectivity index (χ3n) is 3.17. The van der Waals surface area contributed by atoms with E-state index in [2.05, 4.69) is 10.3 Å². The molecular weight excluding hydrogens is 320 g/mol. The predicted octanol–water partition coefficient (Wildman–Crippen LogP) is 2.42. The number of carbonyl (C=O) groups excluding carboxylic acids is 1. The van der Waals surface area contributed by atoms with Gasteiger partial charge < -0.3 is 9.73 Å². The molecule has 0 bridgehead atoms. The number of aromatic nitrogens is 2. The first-order valence-corrected chi connectivity index (χ1v) is 6.88. The van der Waals surface area contributed by atoms with Crippen LogP contribution in [0.2, 0.25) is 0 Å². The highest BCUT2D eigenvalue weighted by Crippen LogP contribution is 2.15. The van der Waals surface area contributed by atoms with Crippen LogP contribution in [0.25, 0.3) is 11.5 Å². The van der Waals surface area contributed by atoms with E-state index in [1.165, 1.54) is 24.7 Å². The second-order valence-corrected chi connectivity index (χ2v) is 4.89. The van der Waals surface area contributed by atoms with Gasteiger partial charge in [0.15, 0.2) is 17.4 Å². The van der Waals surface area contributed by atoms with Crippen molar-refractivity contribution in [1.82, 2.24) is 9.55 Å². The van der Waals surface area contributed by atoms with E-state index in [4.69, 9.17) is 4.42 Å². The molecule has 6 nitrogen and oxygen atoms in total. The number of carbonyl (C=O) groups is 1. The quantitative estimate of drug-likeness (QED) is 0.796. The molecule has 8 heteroatoms. The van der Waals surface area contributed by atoms with E-state index in [-0.39, 0.29) is 12.2 Å². The largest absolute Gasteiger partial charge is 0.463 e. The highest BCUT2D eigenvalue weighted by atomic mass is 19.2. The van der Waals surface area contributed by atoms with Gasteiger partial charge >= 0.3 is 0 Å². The summed E-state index contributed by atoms with van der Waals surface area (Å²) in [5.41, 5.74) is -0.00813. The van der Waals surface area contributed by atoms with Crippen LogP contribution in [0.5, 0.6) is 0 Å². The van der Waals surface area contributed by atoms with Gasteiger partial charge in [0.05, 0.1) is 12.6 Å². The van der Waals surface area contributed by atoms with Gasteiger partial charge in [-0.15, -0.1) is 0 Å². The molecule has 122 valence electrons. The van der Waals surface area contributed by atoms with Gasteiger partial charge in [-0.05, 0) is 24.3 Å². The standard InChI is InChI=1S/C16H11F2N3O3/c17-11-4-3-10(6-12(11)18)20-15(22)8-21-9-19-13(7-16(21)23)14-2-1-5-24-14/h1-7,9H,8H2,(H,20,22). The molecule has 0 saturated carbocycles. The fraction of sp³-hybridized carbons (Fsp3) is 0.0625. The van der Waals surface area contributed by atoms with Crippen LogP contribution in [0.3, 0.4) is 0 Å². The van der Waals surface area contributed by atoms with E-state index in [9.17, 15) is 18.4 Å². The van der Waals surface area contributed by atoms with E-state index >= 15 is 0 Å². The molecule has 0 aliphatic carbocycles. The zero-order chi connectivity index (χ0) is 17.1. The number of benzene rings is 1. The van der Waals surface area contributed by atoms with Crippen molar-refractivity contribution in [1.29, 1.82) is 0 Å². The predicted molar refractivity (Wildman–Crippen MR) is 81.2 cm³/mol. The Morgan fingerprint density at radius 1 is 1.21 bits per heavy atom. The Labute approximate surface area is 134 Å². The van der Waals surface area contributed by atoms with E-state index in [0.29, 0.717) is 11.5 Å². The fourth-order valence-electron chi connectivity index (χ4n) is 2.03. The Morgan fingerprint density at radius 2 is 2.04 bits per heavy atom. The molecule has 1 aromatic carbocycles. The summed E-state index contributed by atoms with van der Waals surface area (Å²) in [6.07, 6.45) is 2.67. The second-order valence-electron chi connectivity index (χ2n) is 4.89. The summed E-state index contributed by atoms with van der Waals surface area (Å²) in [6, 6.07) is 7.53. The average Bonchev–Trinajstić information content (AvgIpc) is 3.07. The van der Waals surface area contributed by atoms with Crippen molar-refractivity contribution in [3.8, 4) is 11.5 Å². The van der Waals surface area contributed by atoms with E-state index in [0.717, 1.165) is 16.7 Å². The van der Waals surface area contributed by atoms with Crippen LogP contribution in [0, 0.1) is 11.6 Å². The van der Waals surface area contributed by atoms with Gasteiger partial charge in [-0.3, -0.25) is 14.2 Å². The number of nitrogens with zero attached hydrogens (tertiary/aromatic N) is 2. The molecule has 0 atom stereocenters. The van der Waals surface area contributed by atoms with Crippen molar-refractivity contribution >= 4 is 11.6 Å². The first kappa shape index (κ1) is 15.6. The van der Waals surface area contributed by atoms with E-state index in [1.54, 1.807) is 12.1 Å². The number of halogens is 2. The van der Waals surface area contributed by atoms with Crippen LogP contribution in [-0.4, -0.2) is 15.5 Å². The van der Waals surface area contributed by atoms with E-state index in [1.807, 2.05) is 0 Å². The maximum absolute atomic E-state index is 13.1. The van der Waals surface area contributed by atoms with Crippen LogP contribution in [0.15, 0.2) is 58.2 Å². The molecule has 0 aliphatic rings. The molecule has 0 unspecified atom stereocenters. The normalized spacial score (nSPS) is 10.6. The minimum atomic E-state index is -1.07. The zero-order valence-electron chi connectivity index (χ0n) is 12.2. The second kappa shape index (κ2) is 6.45. The molecular formula is C16H11F2N3O3. The number of hydrogen-bond donors (Lipinski definition) is 1. The first-order valence-electron chi connectivity index (χ1n) is 6.88. The SMILES string of the molecule is O=C(Cn1cnc(-c2ccco2)cc1=O)Nc1ccc(F)c(F)c1. The molecule has 2 aromatic heterocycles. The summed E-state index contributed by atoms with van der Waals surface area (Å²) in [6.45, 7) is -0.316. The molecule has 3 rings (SSSR count). The molecule has 0 radical (unpaired) electrons. The highest BCUT2D eigenvalue weighted by Gasteiger charge is 2.10. The number of nitrogens with one attached hydrogen (secondary N) is 1. The minimum Gasteiger partial charge on any atom is -0.463 e. The number of anilines is 1. The lowest BCUT2D eigenvalue weighted by Crippen LogP contribution is -2.27. The lowest BCUT2D eigenvalue weighted by molar-refractivity contribution is -0.116. The smallest absolute Gasteiger partial charge is 0.254 e. The Kier molecular flexibility index (Phi) is 4.19. The lowest BCUT2D eigenvalue weighted by atomic mass is 10.3. The van der Waals surface area contributed by atoms with Crippen molar-refractivity contribution in [3.63, 3.8) is 0 Å². The van der Waals surface area contributed by atoms with Crippen molar-refractivity contribution in [2.24, 2.45) is 0 Å². The van der Waals surface area contributed by atoms with Crippen LogP contribution in [0.1, 0.15) is 0 Å². The van der Waals surface area contributed by atoms with Gasteiger partial charge in [0.2, 0.25) is 5.91 Å². The van der Waals surface area contributed by atoms with Crippen molar-refractivity contribution < 1.29 is 18.0 Å². The lowest BCUT2D eigenvalue weighted by Gasteiger charge is -2.07. The summed E-state index contributed by atoms with van der Waals surface area (Å²) in [5, 5.41) is 2.38. The van der Waals surface area contributed by atoms with Gasteiger partial charge in [0.1, 0.15) is 12.2 Å². The molecule has 1 N–H and O–H groups in total. The summed E-state index contributed by atoms with van der Waals surface area (Å²) >= 11 is 0. The average molecular weight is 331 g/mol. The molecule has 0 saturated heterocycles. The Hall–Kier alpha value is -3.29. The van der Waals surface area contributed by atoms with Crippen molar-refractivity contribution in [2.45, 2.75) is 6.54 Å². The van der Waals surface area contributed by atoms with E-state index < -0.39 is 23.1 Å². The minimum absolute atomic E-state index is 0.0899. The molecule has 1 amide bonds. The Morgan fingerprint density at radius 3 is 2.71 bits per heavy atom. The molecule has 0 spiro atoms. The van der Waals surface area contributed by atoms with Crippen LogP contribution in [0.4, 0.5) is 14.5 Å². The van der Waals surface area contributed by atoms with Crippen LogP contribution >= 0.6 is 0 Å². The summed E-state index contributed by atoms with van der Waals surface area (Å²) in [4.78, 5) is 28.0. The number of amides is 1. The molecule has 3 aromatic rings. The molecule has 24 heavy (non-hydrogen) atoms. The topological polar surface area (TPSA) is 77.1 Å². The van der Waals surface area contributed by atoms with Gasteiger partial charge in [0, 0.05) is 17.8 Å². The zero-order valence-corrected chi connectivity index (χ0v) is 12.2. The number of hydrogen-bond acceptors (Lipinski definition) is 4. The first-order chi connectivity index (χ1) is 11.5. The monoisotopic (exact) mass is 331 g/mol. The number of furan rings is 1. The van der Waals surface area contributed by atoms with Crippen molar-refractivity contribution in [3.05, 3.63) is 71.0 Å². The third kappa shape index (κ3) is 3.37. The fourth-order valence-corrected chi connectivity index (χ4v) is 2.03. The summed E-state index contributed by atoms with van der Waals surface area (Å²) in [7, 11) is 0. The van der Waals surface area contributed by atoms with Gasteiger partial charge in [-0.1, -0.05) is 0 Å². The maximum Gasteiger partial charge on any atom is 0.254 e. The van der Waals surface area contributed by atoms with Crippen molar-refractivity contribution in [2.75, 3.05) is 5.32 Å². The molecule has 0 fully saturated rings. The van der Waals surface area contributed by atoms with Gasteiger partial charge in [0.25, 0.3) is 5.56 Å². The molecule has 0 aliphatic heterocycles. The Balaban J connectivity index is 1.72. The summed E-state index contributed by atoms with van der Waals surface area (Å²) in [5.74, 6) is -2.22. The summed E-state index contributed by atoms with van der Waals surface area (Å²) < 4.78 is 32.2. The molecule has 2 heterocycles. The van der Waals surface area contributed by atoms with Crippen LogP contribution < -0.4 is 10.9 Å². The number of rotatable bonds is 4. The maximum atomic E-state index is 13.1. The van der Waals surface area contributed by atoms with Gasteiger partial charge in [-0.25, -0.2) is 13.8 Å². The van der Waals surface area contributed by atoms with Gasteiger partial charge in [-0.2, -0.15) is 0 Å². The van der Waals surface area contributed by atoms with Crippen LogP contribution in [-0.2, 0) is 11.3 Å². The highest BCUT2D eigenvalue weighted by molar-refractivity contribution is 5.90. The third-order valence-corrected chi connectivity index (χ3v) is 3.17. The Bertz CT molecular complexity index is 936.